The van der Waals surface area contributed by atoms with Crippen molar-refractivity contribution in [3.05, 3.63) is 23.3 Å². The van der Waals surface area contributed by atoms with E-state index in [1.54, 1.807) is 0 Å². The SMILES string of the molecule is Cc1cc(CCCCN)cc2c1OCCCO2. The summed E-state index contributed by atoms with van der Waals surface area (Å²) in [7, 11) is 0. The van der Waals surface area contributed by atoms with Crippen molar-refractivity contribution in [3.8, 4) is 11.5 Å². The topological polar surface area (TPSA) is 44.5 Å². The van der Waals surface area contributed by atoms with Gasteiger partial charge in [-0.3, -0.25) is 0 Å². The summed E-state index contributed by atoms with van der Waals surface area (Å²) in [6.07, 6.45) is 4.23. The van der Waals surface area contributed by atoms with Crippen molar-refractivity contribution in [3.63, 3.8) is 0 Å². The van der Waals surface area contributed by atoms with Gasteiger partial charge in [0, 0.05) is 6.42 Å². The van der Waals surface area contributed by atoms with E-state index in [4.69, 9.17) is 15.2 Å². The van der Waals surface area contributed by atoms with E-state index >= 15 is 0 Å². The summed E-state index contributed by atoms with van der Waals surface area (Å²) < 4.78 is 11.4. The molecule has 0 aliphatic carbocycles. The second kappa shape index (κ2) is 5.92. The minimum atomic E-state index is 0.749. The minimum absolute atomic E-state index is 0.749. The molecule has 0 spiro atoms. The molecule has 0 saturated carbocycles. The number of aryl methyl sites for hydroxylation is 2. The number of ether oxygens (including phenoxy) is 2. The molecule has 1 aliphatic rings. The predicted octanol–water partition coefficient (Wildman–Crippen LogP) is 2.44. The van der Waals surface area contributed by atoms with Gasteiger partial charge in [-0.15, -0.1) is 0 Å². The molecule has 0 bridgehead atoms. The molecule has 2 N–H and O–H groups in total. The number of hydrogen-bond donors (Lipinski definition) is 1. The Labute approximate surface area is 103 Å². The molecular weight excluding hydrogens is 214 g/mol. The summed E-state index contributed by atoms with van der Waals surface area (Å²) in [6, 6.07) is 4.31. The maximum absolute atomic E-state index is 5.73. The maximum Gasteiger partial charge on any atom is 0.164 e. The molecule has 3 heteroatoms. The highest BCUT2D eigenvalue weighted by Crippen LogP contribution is 2.34. The van der Waals surface area contributed by atoms with Crippen LogP contribution < -0.4 is 15.2 Å². The molecule has 94 valence electrons. The Kier molecular flexibility index (Phi) is 4.26. The molecule has 0 amide bonds. The van der Waals surface area contributed by atoms with E-state index in [0.29, 0.717) is 0 Å². The predicted molar refractivity (Wildman–Crippen MR) is 68.8 cm³/mol. The van der Waals surface area contributed by atoms with Gasteiger partial charge in [-0.2, -0.15) is 0 Å². The van der Waals surface area contributed by atoms with Gasteiger partial charge in [-0.1, -0.05) is 6.07 Å². The van der Waals surface area contributed by atoms with E-state index in [0.717, 1.165) is 56.9 Å². The fraction of sp³-hybridized carbons (Fsp3) is 0.571. The van der Waals surface area contributed by atoms with Crippen LogP contribution in [0.2, 0.25) is 0 Å². The molecule has 1 aromatic carbocycles. The van der Waals surface area contributed by atoms with Crippen molar-refractivity contribution in [2.75, 3.05) is 19.8 Å². The molecule has 0 saturated heterocycles. The second-order valence-corrected chi connectivity index (χ2v) is 4.54. The third-order valence-electron chi connectivity index (χ3n) is 3.01. The molecule has 1 aliphatic heterocycles. The first-order valence-electron chi connectivity index (χ1n) is 6.40. The molecule has 2 rings (SSSR count). The van der Waals surface area contributed by atoms with Gasteiger partial charge in [0.1, 0.15) is 0 Å². The van der Waals surface area contributed by atoms with Gasteiger partial charge in [0.25, 0.3) is 0 Å². The van der Waals surface area contributed by atoms with Gasteiger partial charge in [0.05, 0.1) is 13.2 Å². The quantitative estimate of drug-likeness (QED) is 0.815. The standard InChI is InChI=1S/C14H21NO2/c1-11-9-12(5-2-3-6-15)10-13-14(11)17-8-4-7-16-13/h9-10H,2-8,15H2,1H3. The highest BCUT2D eigenvalue weighted by molar-refractivity contribution is 5.49. The highest BCUT2D eigenvalue weighted by atomic mass is 16.5. The fourth-order valence-electron chi connectivity index (χ4n) is 2.14. The minimum Gasteiger partial charge on any atom is -0.490 e. The van der Waals surface area contributed by atoms with E-state index in [9.17, 15) is 0 Å². The van der Waals surface area contributed by atoms with Crippen LogP contribution in [0.4, 0.5) is 0 Å². The van der Waals surface area contributed by atoms with Crippen LogP contribution in [0, 0.1) is 6.92 Å². The van der Waals surface area contributed by atoms with Crippen molar-refractivity contribution >= 4 is 0 Å². The van der Waals surface area contributed by atoms with Crippen molar-refractivity contribution < 1.29 is 9.47 Å². The number of unbranched alkanes of at least 4 members (excludes halogenated alkanes) is 1. The van der Waals surface area contributed by atoms with E-state index in [2.05, 4.69) is 19.1 Å². The summed E-state index contributed by atoms with van der Waals surface area (Å²) in [5, 5.41) is 0. The van der Waals surface area contributed by atoms with E-state index in [1.165, 1.54) is 11.1 Å². The van der Waals surface area contributed by atoms with Crippen molar-refractivity contribution in [1.82, 2.24) is 0 Å². The maximum atomic E-state index is 5.73. The number of benzene rings is 1. The Morgan fingerprint density at radius 1 is 1.18 bits per heavy atom. The van der Waals surface area contributed by atoms with Crippen LogP contribution >= 0.6 is 0 Å². The van der Waals surface area contributed by atoms with Crippen LogP contribution in [-0.2, 0) is 6.42 Å². The van der Waals surface area contributed by atoms with Crippen molar-refractivity contribution in [1.29, 1.82) is 0 Å². The van der Waals surface area contributed by atoms with Gasteiger partial charge in [-0.05, 0) is 49.9 Å². The monoisotopic (exact) mass is 235 g/mol. The van der Waals surface area contributed by atoms with Crippen LogP contribution in [0.25, 0.3) is 0 Å². The van der Waals surface area contributed by atoms with Gasteiger partial charge in [-0.25, -0.2) is 0 Å². The molecule has 1 heterocycles. The normalized spacial score (nSPS) is 14.5. The molecule has 0 radical (unpaired) electrons. The van der Waals surface area contributed by atoms with Crippen LogP contribution in [0.15, 0.2) is 12.1 Å². The zero-order valence-electron chi connectivity index (χ0n) is 10.5. The van der Waals surface area contributed by atoms with E-state index in [-0.39, 0.29) is 0 Å². The van der Waals surface area contributed by atoms with Crippen LogP contribution in [0.5, 0.6) is 11.5 Å². The van der Waals surface area contributed by atoms with Gasteiger partial charge in [0.2, 0.25) is 0 Å². The smallest absolute Gasteiger partial charge is 0.164 e. The largest absolute Gasteiger partial charge is 0.490 e. The molecule has 0 fully saturated rings. The number of hydrogen-bond acceptors (Lipinski definition) is 3. The zero-order valence-corrected chi connectivity index (χ0v) is 10.5. The lowest BCUT2D eigenvalue weighted by Crippen LogP contribution is -2.00. The summed E-state index contributed by atoms with van der Waals surface area (Å²) >= 11 is 0. The van der Waals surface area contributed by atoms with Gasteiger partial charge >= 0.3 is 0 Å². The number of rotatable bonds is 4. The third kappa shape index (κ3) is 3.13. The summed E-state index contributed by atoms with van der Waals surface area (Å²) in [6.45, 7) is 4.35. The molecule has 3 nitrogen and oxygen atoms in total. The Morgan fingerprint density at radius 2 is 2.00 bits per heavy atom. The Hall–Kier alpha value is -1.22. The second-order valence-electron chi connectivity index (χ2n) is 4.54. The van der Waals surface area contributed by atoms with E-state index < -0.39 is 0 Å². The van der Waals surface area contributed by atoms with Gasteiger partial charge in [0.15, 0.2) is 11.5 Å². The molecular formula is C14H21NO2. The molecule has 0 atom stereocenters. The highest BCUT2D eigenvalue weighted by Gasteiger charge is 2.13. The van der Waals surface area contributed by atoms with Crippen molar-refractivity contribution in [2.45, 2.75) is 32.6 Å². The Morgan fingerprint density at radius 3 is 2.82 bits per heavy atom. The molecule has 0 aromatic heterocycles. The third-order valence-corrected chi connectivity index (χ3v) is 3.01. The average Bonchev–Trinajstić information content (AvgIpc) is 2.55. The Bertz CT molecular complexity index is 377. The summed E-state index contributed by atoms with van der Waals surface area (Å²) in [4.78, 5) is 0. The molecule has 0 unspecified atom stereocenters. The van der Waals surface area contributed by atoms with Crippen LogP contribution in [0.3, 0.4) is 0 Å². The first-order valence-corrected chi connectivity index (χ1v) is 6.40. The number of nitrogens with two attached hydrogens (primary N) is 1. The Balaban J connectivity index is 2.14. The lowest BCUT2D eigenvalue weighted by atomic mass is 10.0. The first-order chi connectivity index (χ1) is 8.31. The lowest BCUT2D eigenvalue weighted by Gasteiger charge is -2.12. The first kappa shape index (κ1) is 12.2. The average molecular weight is 235 g/mol. The van der Waals surface area contributed by atoms with Crippen LogP contribution in [0.1, 0.15) is 30.4 Å². The lowest BCUT2D eigenvalue weighted by molar-refractivity contribution is 0.296. The van der Waals surface area contributed by atoms with E-state index in [1.807, 2.05) is 0 Å². The van der Waals surface area contributed by atoms with Crippen molar-refractivity contribution in [2.24, 2.45) is 5.73 Å². The van der Waals surface area contributed by atoms with Crippen LogP contribution in [-0.4, -0.2) is 19.8 Å². The molecule has 1 aromatic rings. The molecule has 17 heavy (non-hydrogen) atoms. The zero-order chi connectivity index (χ0) is 12.1. The fourth-order valence-corrected chi connectivity index (χ4v) is 2.14. The summed E-state index contributed by atoms with van der Waals surface area (Å²) in [5.41, 5.74) is 8.00. The summed E-state index contributed by atoms with van der Waals surface area (Å²) in [5.74, 6) is 1.83. The van der Waals surface area contributed by atoms with Gasteiger partial charge < -0.3 is 15.2 Å². The number of fused-ring (bicyclic) bond motifs is 1.